The predicted molar refractivity (Wildman–Crippen MR) is 82.4 cm³/mol. The van der Waals surface area contributed by atoms with Gasteiger partial charge in [0.05, 0.1) is 11.8 Å². The summed E-state index contributed by atoms with van der Waals surface area (Å²) in [5.41, 5.74) is 7.01. The average molecular weight is 292 g/mol. The number of nitrogens with zero attached hydrogens (tertiary/aromatic N) is 1. The normalized spacial score (nSPS) is 19.1. The fourth-order valence-corrected chi connectivity index (χ4v) is 2.59. The van der Waals surface area contributed by atoms with Gasteiger partial charge in [-0.05, 0) is 43.5 Å². The highest BCUT2D eigenvalue weighted by Gasteiger charge is 2.33. The van der Waals surface area contributed by atoms with Crippen molar-refractivity contribution in [2.75, 3.05) is 18.0 Å². The zero-order chi connectivity index (χ0) is 15.4. The van der Waals surface area contributed by atoms with Crippen molar-refractivity contribution in [2.45, 2.75) is 45.3 Å². The Labute approximate surface area is 125 Å². The summed E-state index contributed by atoms with van der Waals surface area (Å²) >= 11 is 0. The minimum absolute atomic E-state index is 0.00249. The molecule has 0 fully saturated rings. The minimum Gasteiger partial charge on any atom is -0.478 e. The molecule has 1 aromatic carbocycles. The van der Waals surface area contributed by atoms with Crippen molar-refractivity contribution in [3.05, 3.63) is 23.8 Å². The Morgan fingerprint density at radius 2 is 2.19 bits per heavy atom. The quantitative estimate of drug-likeness (QED) is 0.840. The molecule has 116 valence electrons. The van der Waals surface area contributed by atoms with Gasteiger partial charge in [-0.2, -0.15) is 0 Å². The molecule has 0 bridgehead atoms. The first kappa shape index (κ1) is 15.8. The van der Waals surface area contributed by atoms with E-state index in [0.29, 0.717) is 31.7 Å². The number of hydrogen-bond acceptors (Lipinski definition) is 4. The molecule has 21 heavy (non-hydrogen) atoms. The van der Waals surface area contributed by atoms with Crippen LogP contribution in [0, 0.1) is 0 Å². The van der Waals surface area contributed by atoms with Crippen LogP contribution in [0.1, 0.15) is 44.8 Å². The van der Waals surface area contributed by atoms with E-state index in [-0.39, 0.29) is 5.91 Å². The van der Waals surface area contributed by atoms with E-state index >= 15 is 0 Å². The Morgan fingerprint density at radius 3 is 2.81 bits per heavy atom. The van der Waals surface area contributed by atoms with E-state index < -0.39 is 12.2 Å². The van der Waals surface area contributed by atoms with Crippen molar-refractivity contribution in [1.82, 2.24) is 0 Å². The van der Waals surface area contributed by atoms with Crippen LogP contribution in [0.25, 0.3) is 0 Å². The van der Waals surface area contributed by atoms with Crippen molar-refractivity contribution in [1.29, 1.82) is 0 Å². The highest BCUT2D eigenvalue weighted by atomic mass is 16.5. The van der Waals surface area contributed by atoms with Gasteiger partial charge < -0.3 is 20.5 Å². The molecule has 1 heterocycles. The molecule has 0 aliphatic carbocycles. The lowest BCUT2D eigenvalue weighted by Gasteiger charge is -2.34. The van der Waals surface area contributed by atoms with Gasteiger partial charge >= 0.3 is 0 Å². The maximum Gasteiger partial charge on any atom is 0.268 e. The first-order valence-electron chi connectivity index (χ1n) is 7.62. The minimum atomic E-state index is -0.609. The number of carbonyl (C=O) groups is 1. The Balaban J connectivity index is 2.37. The van der Waals surface area contributed by atoms with Crippen molar-refractivity contribution in [3.63, 3.8) is 0 Å². The molecule has 2 unspecified atom stereocenters. The van der Waals surface area contributed by atoms with Crippen LogP contribution in [-0.2, 0) is 4.79 Å². The lowest BCUT2D eigenvalue weighted by atomic mass is 10.0. The van der Waals surface area contributed by atoms with Gasteiger partial charge in [-0.25, -0.2) is 0 Å². The lowest BCUT2D eigenvalue weighted by Crippen LogP contribution is -2.46. The average Bonchev–Trinajstić information content (AvgIpc) is 2.49. The van der Waals surface area contributed by atoms with Crippen LogP contribution < -0.4 is 15.4 Å². The van der Waals surface area contributed by atoms with Crippen molar-refractivity contribution in [2.24, 2.45) is 5.73 Å². The van der Waals surface area contributed by atoms with Crippen LogP contribution in [0.2, 0.25) is 0 Å². The highest BCUT2D eigenvalue weighted by Crippen LogP contribution is 2.37. The summed E-state index contributed by atoms with van der Waals surface area (Å²) in [4.78, 5) is 14.2. The van der Waals surface area contributed by atoms with Crippen molar-refractivity contribution < 1.29 is 14.6 Å². The van der Waals surface area contributed by atoms with Crippen LogP contribution in [0.5, 0.6) is 5.75 Å². The van der Waals surface area contributed by atoms with Crippen LogP contribution in [0.4, 0.5) is 5.69 Å². The molecule has 0 saturated heterocycles. The molecule has 1 amide bonds. The van der Waals surface area contributed by atoms with Crippen molar-refractivity contribution >= 4 is 11.6 Å². The Morgan fingerprint density at radius 1 is 1.43 bits per heavy atom. The summed E-state index contributed by atoms with van der Waals surface area (Å²) in [5.74, 6) is 0.705. The number of hydrogen-bond donors (Lipinski definition) is 2. The summed E-state index contributed by atoms with van der Waals surface area (Å²) in [6, 6.07) is 5.52. The summed E-state index contributed by atoms with van der Waals surface area (Å²) in [7, 11) is 0. The van der Waals surface area contributed by atoms with E-state index in [2.05, 4.69) is 0 Å². The standard InChI is InChI=1S/C16H24N2O3/c1-3-9-18-12-10-11(13(19)7-8-17)5-6-15(12)21-14(4-2)16(18)20/h5-6,10,13-14,19H,3-4,7-9,17H2,1-2H3. The van der Waals surface area contributed by atoms with Gasteiger partial charge in [0.2, 0.25) is 0 Å². The van der Waals surface area contributed by atoms with E-state index in [1.165, 1.54) is 0 Å². The number of ether oxygens (including phenoxy) is 1. The lowest BCUT2D eigenvalue weighted by molar-refractivity contribution is -0.126. The van der Waals surface area contributed by atoms with Crippen LogP contribution in [0.3, 0.4) is 0 Å². The van der Waals surface area contributed by atoms with Gasteiger partial charge in [0.25, 0.3) is 5.91 Å². The predicted octanol–water partition coefficient (Wildman–Crippen LogP) is 1.98. The SMILES string of the molecule is CCCN1C(=O)C(CC)Oc2ccc(C(O)CCN)cc21. The van der Waals surface area contributed by atoms with Gasteiger partial charge in [-0.3, -0.25) is 4.79 Å². The van der Waals surface area contributed by atoms with Crippen LogP contribution >= 0.6 is 0 Å². The zero-order valence-corrected chi connectivity index (χ0v) is 12.7. The maximum atomic E-state index is 12.4. The van der Waals surface area contributed by atoms with Crippen LogP contribution in [0.15, 0.2) is 18.2 Å². The highest BCUT2D eigenvalue weighted by molar-refractivity contribution is 6.00. The molecular formula is C16H24N2O3. The van der Waals surface area contributed by atoms with Crippen molar-refractivity contribution in [3.8, 4) is 5.75 Å². The number of amides is 1. The van der Waals surface area contributed by atoms with E-state index in [1.54, 1.807) is 4.90 Å². The van der Waals surface area contributed by atoms with Gasteiger partial charge in [-0.1, -0.05) is 19.9 Å². The second kappa shape index (κ2) is 6.91. The number of aliphatic hydroxyl groups excluding tert-OH is 1. The molecule has 0 aromatic heterocycles. The maximum absolute atomic E-state index is 12.4. The first-order chi connectivity index (χ1) is 10.1. The number of rotatable bonds is 6. The molecule has 1 aliphatic heterocycles. The first-order valence-corrected chi connectivity index (χ1v) is 7.62. The monoisotopic (exact) mass is 292 g/mol. The molecule has 0 radical (unpaired) electrons. The molecule has 2 atom stereocenters. The fourth-order valence-electron chi connectivity index (χ4n) is 2.59. The third kappa shape index (κ3) is 3.19. The molecule has 2 rings (SSSR count). The number of fused-ring (bicyclic) bond motifs is 1. The van der Waals surface area contributed by atoms with E-state index in [1.807, 2.05) is 32.0 Å². The Kier molecular flexibility index (Phi) is 5.20. The molecule has 5 nitrogen and oxygen atoms in total. The largest absolute Gasteiger partial charge is 0.478 e. The third-order valence-electron chi connectivity index (χ3n) is 3.73. The fraction of sp³-hybridized carbons (Fsp3) is 0.562. The van der Waals surface area contributed by atoms with Gasteiger partial charge in [-0.15, -0.1) is 0 Å². The second-order valence-corrected chi connectivity index (χ2v) is 5.32. The smallest absolute Gasteiger partial charge is 0.268 e. The third-order valence-corrected chi connectivity index (χ3v) is 3.73. The molecule has 3 N–H and O–H groups in total. The molecule has 1 aliphatic rings. The molecule has 0 spiro atoms. The number of anilines is 1. The topological polar surface area (TPSA) is 75.8 Å². The number of aliphatic hydroxyl groups is 1. The van der Waals surface area contributed by atoms with E-state index in [4.69, 9.17) is 10.5 Å². The second-order valence-electron chi connectivity index (χ2n) is 5.32. The number of carbonyl (C=O) groups excluding carboxylic acids is 1. The Hall–Kier alpha value is -1.59. The molecule has 1 aromatic rings. The summed E-state index contributed by atoms with van der Waals surface area (Å²) in [5, 5.41) is 10.1. The molecular weight excluding hydrogens is 268 g/mol. The zero-order valence-electron chi connectivity index (χ0n) is 12.7. The summed E-state index contributed by atoms with van der Waals surface area (Å²) in [6.45, 7) is 5.06. The van der Waals surface area contributed by atoms with Gasteiger partial charge in [0.1, 0.15) is 5.75 Å². The summed E-state index contributed by atoms with van der Waals surface area (Å²) < 4.78 is 5.77. The number of nitrogens with two attached hydrogens (primary N) is 1. The van der Waals surface area contributed by atoms with Gasteiger partial charge in [0, 0.05) is 6.54 Å². The molecule has 0 saturated carbocycles. The Bertz CT molecular complexity index is 504. The van der Waals surface area contributed by atoms with E-state index in [0.717, 1.165) is 17.7 Å². The molecule has 5 heteroatoms. The van der Waals surface area contributed by atoms with E-state index in [9.17, 15) is 9.90 Å². The van der Waals surface area contributed by atoms with Crippen LogP contribution in [-0.4, -0.2) is 30.2 Å². The van der Waals surface area contributed by atoms with Gasteiger partial charge in [0.15, 0.2) is 6.10 Å². The number of benzene rings is 1. The summed E-state index contributed by atoms with van der Waals surface area (Å²) in [6.07, 6.45) is 0.998.